The van der Waals surface area contributed by atoms with Crippen LogP contribution in [0.4, 0.5) is 4.39 Å². The van der Waals surface area contributed by atoms with Crippen molar-refractivity contribution >= 4 is 17.4 Å². The number of rotatable bonds is 5. The van der Waals surface area contributed by atoms with Gasteiger partial charge in [-0.25, -0.2) is 9.37 Å². The summed E-state index contributed by atoms with van der Waals surface area (Å²) in [7, 11) is 0. The zero-order chi connectivity index (χ0) is 20.0. The number of nitrogens with zero attached hydrogens (tertiary/aromatic N) is 5. The van der Waals surface area contributed by atoms with Crippen LogP contribution in [0, 0.1) is 12.7 Å². The monoisotopic (exact) mass is 407 g/mol. The van der Waals surface area contributed by atoms with E-state index >= 15 is 0 Å². The highest BCUT2D eigenvalue weighted by atomic mass is 32.2. The first-order valence-electron chi connectivity index (χ1n) is 9.42. The van der Waals surface area contributed by atoms with Gasteiger partial charge in [0.15, 0.2) is 11.0 Å². The summed E-state index contributed by atoms with van der Waals surface area (Å²) in [5.74, 6) is 0.732. The van der Waals surface area contributed by atoms with Crippen LogP contribution in [0.2, 0.25) is 0 Å². The molecule has 29 heavy (non-hydrogen) atoms. The predicted octanol–water partition coefficient (Wildman–Crippen LogP) is 4.03. The molecule has 0 saturated heterocycles. The molecule has 6 nitrogen and oxygen atoms in total. The van der Waals surface area contributed by atoms with Gasteiger partial charge < -0.3 is 0 Å². The molecule has 3 heterocycles. The molecule has 0 radical (unpaired) electrons. The van der Waals surface area contributed by atoms with Gasteiger partial charge in [-0.1, -0.05) is 23.9 Å². The molecule has 8 heteroatoms. The smallest absolute Gasteiger partial charge is 0.258 e. The molecule has 4 aromatic rings. The molecule has 1 aromatic carbocycles. The quantitative estimate of drug-likeness (QED) is 0.468. The highest BCUT2D eigenvalue weighted by Gasteiger charge is 2.31. The third-order valence-corrected chi connectivity index (χ3v) is 5.89. The van der Waals surface area contributed by atoms with E-state index in [4.69, 9.17) is 0 Å². The number of fused-ring (bicyclic) bond motifs is 1. The highest BCUT2D eigenvalue weighted by molar-refractivity contribution is 7.98. The van der Waals surface area contributed by atoms with Crippen molar-refractivity contribution in [3.8, 4) is 11.4 Å². The lowest BCUT2D eigenvalue weighted by Gasteiger charge is -2.09. The van der Waals surface area contributed by atoms with Crippen LogP contribution in [-0.2, 0) is 5.75 Å². The number of hydrogen-bond acceptors (Lipinski definition) is 5. The first-order valence-corrected chi connectivity index (χ1v) is 10.4. The molecule has 1 aliphatic carbocycles. The van der Waals surface area contributed by atoms with Crippen molar-refractivity contribution in [2.24, 2.45) is 0 Å². The zero-order valence-electron chi connectivity index (χ0n) is 15.7. The van der Waals surface area contributed by atoms with Crippen LogP contribution in [0.25, 0.3) is 17.0 Å². The van der Waals surface area contributed by atoms with Crippen LogP contribution >= 0.6 is 11.8 Å². The van der Waals surface area contributed by atoms with E-state index < -0.39 is 0 Å². The second-order valence-corrected chi connectivity index (χ2v) is 8.14. The number of benzene rings is 1. The van der Waals surface area contributed by atoms with Gasteiger partial charge in [0, 0.05) is 24.1 Å². The largest absolute Gasteiger partial charge is 0.299 e. The minimum absolute atomic E-state index is 0.110. The summed E-state index contributed by atoms with van der Waals surface area (Å²) in [6.45, 7) is 1.97. The molecule has 3 aromatic heterocycles. The van der Waals surface area contributed by atoms with E-state index in [1.165, 1.54) is 22.2 Å². The Morgan fingerprint density at radius 2 is 2.00 bits per heavy atom. The molecule has 1 saturated carbocycles. The van der Waals surface area contributed by atoms with Gasteiger partial charge in [-0.2, -0.15) is 0 Å². The Kier molecular flexibility index (Phi) is 4.43. The highest BCUT2D eigenvalue weighted by Crippen LogP contribution is 2.41. The molecule has 1 aliphatic rings. The second-order valence-electron chi connectivity index (χ2n) is 7.19. The summed E-state index contributed by atoms with van der Waals surface area (Å²) < 4.78 is 17.8. The Hall–Kier alpha value is -3.00. The Morgan fingerprint density at radius 3 is 2.79 bits per heavy atom. The number of aromatic nitrogens is 5. The van der Waals surface area contributed by atoms with Crippen molar-refractivity contribution in [2.75, 3.05) is 0 Å². The van der Waals surface area contributed by atoms with Gasteiger partial charge in [-0.05, 0) is 49.6 Å². The van der Waals surface area contributed by atoms with Gasteiger partial charge in [0.2, 0.25) is 0 Å². The molecule has 0 unspecified atom stereocenters. The van der Waals surface area contributed by atoms with E-state index in [0.29, 0.717) is 34.5 Å². The van der Waals surface area contributed by atoms with Crippen LogP contribution in [0.3, 0.4) is 0 Å². The lowest BCUT2D eigenvalue weighted by molar-refractivity contribution is 0.622. The molecule has 0 amide bonds. The third kappa shape index (κ3) is 3.44. The molecular weight excluding hydrogens is 389 g/mol. The third-order valence-electron chi connectivity index (χ3n) is 4.92. The predicted molar refractivity (Wildman–Crippen MR) is 109 cm³/mol. The molecule has 0 atom stereocenters. The van der Waals surface area contributed by atoms with Crippen LogP contribution < -0.4 is 5.56 Å². The first kappa shape index (κ1) is 18.1. The zero-order valence-corrected chi connectivity index (χ0v) is 16.6. The van der Waals surface area contributed by atoms with Gasteiger partial charge in [0.25, 0.3) is 5.56 Å². The maximum absolute atomic E-state index is 14.3. The van der Waals surface area contributed by atoms with E-state index in [9.17, 15) is 9.18 Å². The van der Waals surface area contributed by atoms with E-state index in [0.717, 1.165) is 23.6 Å². The fourth-order valence-corrected chi connectivity index (χ4v) is 4.23. The Labute approximate surface area is 170 Å². The van der Waals surface area contributed by atoms with Crippen molar-refractivity contribution in [1.29, 1.82) is 0 Å². The van der Waals surface area contributed by atoms with Gasteiger partial charge in [0.1, 0.15) is 11.5 Å². The van der Waals surface area contributed by atoms with Crippen LogP contribution in [0.5, 0.6) is 0 Å². The van der Waals surface area contributed by atoms with Crippen molar-refractivity contribution in [2.45, 2.75) is 36.7 Å². The molecule has 0 aliphatic heterocycles. The molecule has 0 spiro atoms. The van der Waals surface area contributed by atoms with Gasteiger partial charge in [-0.15, -0.1) is 10.2 Å². The second kappa shape index (κ2) is 7.11. The van der Waals surface area contributed by atoms with Gasteiger partial charge in [-0.3, -0.25) is 13.8 Å². The van der Waals surface area contributed by atoms with E-state index in [1.807, 2.05) is 23.6 Å². The average Bonchev–Trinajstić information content (AvgIpc) is 3.46. The maximum atomic E-state index is 14.3. The Morgan fingerprint density at radius 1 is 1.17 bits per heavy atom. The molecular formula is C21H18FN5OS. The number of thioether (sulfide) groups is 1. The van der Waals surface area contributed by atoms with Crippen molar-refractivity contribution in [3.05, 3.63) is 76.1 Å². The van der Waals surface area contributed by atoms with E-state index in [2.05, 4.69) is 15.2 Å². The van der Waals surface area contributed by atoms with Crippen LogP contribution in [0.15, 0.2) is 58.6 Å². The number of halogens is 1. The van der Waals surface area contributed by atoms with Crippen molar-refractivity contribution in [1.82, 2.24) is 24.1 Å². The van der Waals surface area contributed by atoms with Crippen LogP contribution in [0.1, 0.15) is 30.1 Å². The molecule has 0 bridgehead atoms. The minimum atomic E-state index is -0.307. The fraction of sp³-hybridized carbons (Fsp3) is 0.238. The lowest BCUT2D eigenvalue weighted by Crippen LogP contribution is -2.15. The summed E-state index contributed by atoms with van der Waals surface area (Å²) >= 11 is 1.47. The van der Waals surface area contributed by atoms with Crippen LogP contribution in [-0.4, -0.2) is 24.1 Å². The van der Waals surface area contributed by atoms with Gasteiger partial charge in [0.05, 0.1) is 11.3 Å². The van der Waals surface area contributed by atoms with Gasteiger partial charge >= 0.3 is 0 Å². The number of aryl methyl sites for hydroxylation is 1. The van der Waals surface area contributed by atoms with E-state index in [1.54, 1.807) is 30.5 Å². The first-order chi connectivity index (χ1) is 14.1. The SMILES string of the molecule is Cc1ccn2c(=O)cc(CSc3nnc(-c4ccccc4F)n3C3CC3)nc2c1. The fourth-order valence-electron chi connectivity index (χ4n) is 3.33. The molecule has 1 fully saturated rings. The minimum Gasteiger partial charge on any atom is -0.299 e. The van der Waals surface area contributed by atoms with E-state index in [-0.39, 0.29) is 11.4 Å². The molecule has 5 rings (SSSR count). The standard InChI is InChI=1S/C21H18FN5OS/c1-13-8-9-26-18(10-13)23-14(11-19(26)28)12-29-21-25-24-20(27(21)15-6-7-15)16-4-2-3-5-17(16)22/h2-5,8-11,15H,6-7,12H2,1H3. The number of pyridine rings is 1. The summed E-state index contributed by atoms with van der Waals surface area (Å²) in [6.07, 6.45) is 3.80. The van der Waals surface area contributed by atoms with Crippen molar-refractivity contribution < 1.29 is 4.39 Å². The summed E-state index contributed by atoms with van der Waals surface area (Å²) in [5, 5.41) is 9.29. The van der Waals surface area contributed by atoms with Crippen molar-refractivity contribution in [3.63, 3.8) is 0 Å². The molecule has 146 valence electrons. The molecule has 0 N–H and O–H groups in total. The summed E-state index contributed by atoms with van der Waals surface area (Å²) in [6, 6.07) is 12.2. The average molecular weight is 407 g/mol. The normalized spacial score (nSPS) is 13.9. The Bertz CT molecular complexity index is 1280. The lowest BCUT2D eigenvalue weighted by atomic mass is 10.2. The Balaban J connectivity index is 1.47. The topological polar surface area (TPSA) is 65.1 Å². The number of hydrogen-bond donors (Lipinski definition) is 0. The summed E-state index contributed by atoms with van der Waals surface area (Å²) in [4.78, 5) is 17.0. The summed E-state index contributed by atoms with van der Waals surface area (Å²) in [5.41, 5.74) is 2.70. The maximum Gasteiger partial charge on any atom is 0.258 e.